The quantitative estimate of drug-likeness (QED) is 0.735. The van der Waals surface area contributed by atoms with Crippen LogP contribution in [0.1, 0.15) is 51.3 Å². The number of carbonyl (C=O) groups is 1. The molecule has 0 unspecified atom stereocenters. The van der Waals surface area contributed by atoms with E-state index in [1.54, 1.807) is 0 Å². The Balaban J connectivity index is 1.48. The van der Waals surface area contributed by atoms with E-state index in [1.165, 1.54) is 40.6 Å². The number of aromatic nitrogens is 2. The fraction of sp³-hybridized carbons (Fsp3) is 0.333. The van der Waals surface area contributed by atoms with Crippen LogP contribution in [0.5, 0.6) is 0 Å². The third-order valence-electron chi connectivity index (χ3n) is 5.57. The molecule has 25 heavy (non-hydrogen) atoms. The van der Waals surface area contributed by atoms with E-state index in [1.807, 2.05) is 24.1 Å². The van der Waals surface area contributed by atoms with Gasteiger partial charge in [0.25, 0.3) is 5.91 Å². The van der Waals surface area contributed by atoms with Gasteiger partial charge in [-0.2, -0.15) is 0 Å². The predicted molar refractivity (Wildman–Crippen MR) is 97.5 cm³/mol. The zero-order valence-electron chi connectivity index (χ0n) is 14.4. The van der Waals surface area contributed by atoms with Crippen LogP contribution in [0, 0.1) is 6.92 Å². The third kappa shape index (κ3) is 2.36. The van der Waals surface area contributed by atoms with Gasteiger partial charge in [-0.15, -0.1) is 0 Å². The van der Waals surface area contributed by atoms with Gasteiger partial charge in [0.2, 0.25) is 0 Å². The maximum atomic E-state index is 13.0. The summed E-state index contributed by atoms with van der Waals surface area (Å²) < 4.78 is 0. The van der Waals surface area contributed by atoms with Crippen LogP contribution in [-0.4, -0.2) is 20.8 Å². The molecule has 1 aromatic carbocycles. The van der Waals surface area contributed by atoms with E-state index in [0.717, 1.165) is 29.6 Å². The maximum Gasteiger partial charge on any atom is 0.254 e. The Bertz CT molecular complexity index is 1000. The molecule has 0 spiro atoms. The number of H-pyrrole nitrogens is 1. The minimum Gasteiger partial charge on any atom is -0.358 e. The second-order valence-corrected chi connectivity index (χ2v) is 7.31. The topological polar surface area (TPSA) is 49.0 Å². The number of carbonyl (C=O) groups excluding carboxylic acids is 1. The van der Waals surface area contributed by atoms with E-state index in [9.17, 15) is 4.79 Å². The van der Waals surface area contributed by atoms with E-state index < -0.39 is 0 Å². The van der Waals surface area contributed by atoms with Crippen molar-refractivity contribution in [3.05, 3.63) is 64.1 Å². The fourth-order valence-corrected chi connectivity index (χ4v) is 4.27. The monoisotopic (exact) mass is 331 g/mol. The van der Waals surface area contributed by atoms with Crippen molar-refractivity contribution >= 4 is 16.8 Å². The van der Waals surface area contributed by atoms with E-state index in [4.69, 9.17) is 0 Å². The molecule has 0 fully saturated rings. The summed E-state index contributed by atoms with van der Waals surface area (Å²) >= 11 is 0. The summed E-state index contributed by atoms with van der Waals surface area (Å²) in [5.74, 6) is 0.113. The number of benzene rings is 1. The van der Waals surface area contributed by atoms with Crippen molar-refractivity contribution in [2.45, 2.75) is 45.7 Å². The van der Waals surface area contributed by atoms with Crippen LogP contribution in [0.2, 0.25) is 0 Å². The number of nitrogens with zero attached hydrogens (tertiary/aromatic N) is 2. The molecule has 3 aromatic rings. The average Bonchev–Trinajstić information content (AvgIpc) is 3.21. The molecule has 4 heteroatoms. The van der Waals surface area contributed by atoms with Crippen LogP contribution in [0.3, 0.4) is 0 Å². The molecule has 0 atom stereocenters. The second-order valence-electron chi connectivity index (χ2n) is 7.31. The molecule has 0 saturated carbocycles. The van der Waals surface area contributed by atoms with Gasteiger partial charge < -0.3 is 9.88 Å². The molecule has 0 radical (unpaired) electrons. The summed E-state index contributed by atoms with van der Waals surface area (Å²) in [6, 6.07) is 8.20. The summed E-state index contributed by atoms with van der Waals surface area (Å²) in [6.45, 7) is 3.33. The molecule has 5 rings (SSSR count). The normalized spacial score (nSPS) is 16.1. The lowest BCUT2D eigenvalue weighted by Crippen LogP contribution is -2.25. The Kier molecular flexibility index (Phi) is 3.20. The Morgan fingerprint density at radius 2 is 1.96 bits per heavy atom. The summed E-state index contributed by atoms with van der Waals surface area (Å²) in [5.41, 5.74) is 8.13. The molecule has 2 aromatic heterocycles. The van der Waals surface area contributed by atoms with Crippen LogP contribution in [0.25, 0.3) is 10.9 Å². The fourth-order valence-electron chi connectivity index (χ4n) is 4.27. The van der Waals surface area contributed by atoms with Crippen molar-refractivity contribution < 1.29 is 4.79 Å². The predicted octanol–water partition coefficient (Wildman–Crippen LogP) is 3.91. The minimum absolute atomic E-state index is 0.113. The number of pyridine rings is 1. The number of amides is 1. The average molecular weight is 331 g/mol. The molecule has 0 saturated heterocycles. The highest BCUT2D eigenvalue weighted by Crippen LogP contribution is 2.31. The standard InChI is InChI=1S/C21H21N3O/c1-13-8-15-11-24(12-16(15)10-22-13)21(25)14-6-7-20-18(9-14)17-4-2-3-5-19(17)23-20/h6-10,23H,2-5,11-12H2,1H3. The Morgan fingerprint density at radius 1 is 1.12 bits per heavy atom. The van der Waals surface area contributed by atoms with Crippen molar-refractivity contribution in [2.75, 3.05) is 0 Å². The van der Waals surface area contributed by atoms with Crippen molar-refractivity contribution in [1.29, 1.82) is 0 Å². The smallest absolute Gasteiger partial charge is 0.254 e. The van der Waals surface area contributed by atoms with Gasteiger partial charge in [-0.1, -0.05) is 0 Å². The lowest BCUT2D eigenvalue weighted by molar-refractivity contribution is 0.0751. The maximum absolute atomic E-state index is 13.0. The first-order valence-corrected chi connectivity index (χ1v) is 9.06. The number of aromatic amines is 1. The van der Waals surface area contributed by atoms with Crippen LogP contribution in [0.4, 0.5) is 0 Å². The summed E-state index contributed by atoms with van der Waals surface area (Å²) in [4.78, 5) is 22.8. The van der Waals surface area contributed by atoms with Crippen molar-refractivity contribution in [3.63, 3.8) is 0 Å². The van der Waals surface area contributed by atoms with E-state index in [2.05, 4.69) is 28.2 Å². The Labute approximate surface area is 146 Å². The van der Waals surface area contributed by atoms with Gasteiger partial charge in [-0.05, 0) is 73.6 Å². The van der Waals surface area contributed by atoms with Gasteiger partial charge >= 0.3 is 0 Å². The molecule has 3 heterocycles. The van der Waals surface area contributed by atoms with Crippen LogP contribution in [-0.2, 0) is 25.9 Å². The van der Waals surface area contributed by atoms with E-state index in [-0.39, 0.29) is 5.91 Å². The molecule has 126 valence electrons. The van der Waals surface area contributed by atoms with Crippen molar-refractivity contribution in [2.24, 2.45) is 0 Å². The number of rotatable bonds is 1. The van der Waals surface area contributed by atoms with Crippen molar-refractivity contribution in [1.82, 2.24) is 14.9 Å². The number of hydrogen-bond acceptors (Lipinski definition) is 2. The number of nitrogens with one attached hydrogen (secondary N) is 1. The van der Waals surface area contributed by atoms with Gasteiger partial charge in [-0.3, -0.25) is 9.78 Å². The van der Waals surface area contributed by atoms with Gasteiger partial charge in [-0.25, -0.2) is 0 Å². The molecular weight excluding hydrogens is 310 g/mol. The Morgan fingerprint density at radius 3 is 2.88 bits per heavy atom. The first kappa shape index (κ1) is 14.7. The highest BCUT2D eigenvalue weighted by Gasteiger charge is 2.25. The molecule has 1 aliphatic heterocycles. The molecule has 1 N–H and O–H groups in total. The highest BCUT2D eigenvalue weighted by atomic mass is 16.2. The SMILES string of the molecule is Cc1cc2c(cn1)CN(C(=O)c1ccc3[nH]c4c(c3c1)CCCC4)C2. The summed E-state index contributed by atoms with van der Waals surface area (Å²) in [7, 11) is 0. The van der Waals surface area contributed by atoms with Gasteiger partial charge in [0.1, 0.15) is 0 Å². The Hall–Kier alpha value is -2.62. The highest BCUT2D eigenvalue weighted by molar-refractivity contribution is 5.99. The third-order valence-corrected chi connectivity index (χ3v) is 5.57. The van der Waals surface area contributed by atoms with Crippen molar-refractivity contribution in [3.8, 4) is 0 Å². The first-order valence-electron chi connectivity index (χ1n) is 9.06. The summed E-state index contributed by atoms with van der Waals surface area (Å²) in [6.07, 6.45) is 6.65. The van der Waals surface area contributed by atoms with Crippen LogP contribution < -0.4 is 0 Å². The molecular formula is C21H21N3O. The lowest BCUT2D eigenvalue weighted by Gasteiger charge is -2.16. The second kappa shape index (κ2) is 5.45. The first-order chi connectivity index (χ1) is 12.2. The zero-order valence-corrected chi connectivity index (χ0v) is 14.4. The summed E-state index contributed by atoms with van der Waals surface area (Å²) in [5, 5.41) is 1.23. The van der Waals surface area contributed by atoms with Crippen LogP contribution >= 0.6 is 0 Å². The van der Waals surface area contributed by atoms with E-state index >= 15 is 0 Å². The number of hydrogen-bond donors (Lipinski definition) is 1. The van der Waals surface area contributed by atoms with Gasteiger partial charge in [0, 0.05) is 47.1 Å². The van der Waals surface area contributed by atoms with Crippen LogP contribution in [0.15, 0.2) is 30.5 Å². The minimum atomic E-state index is 0.113. The molecule has 4 nitrogen and oxygen atoms in total. The lowest BCUT2D eigenvalue weighted by atomic mass is 9.95. The number of fused-ring (bicyclic) bond motifs is 4. The molecule has 1 amide bonds. The van der Waals surface area contributed by atoms with E-state index in [0.29, 0.717) is 13.1 Å². The zero-order chi connectivity index (χ0) is 17.0. The molecule has 2 aliphatic rings. The van der Waals surface area contributed by atoms with Gasteiger partial charge in [0.15, 0.2) is 0 Å². The molecule has 0 bridgehead atoms. The molecule has 1 aliphatic carbocycles. The van der Waals surface area contributed by atoms with Gasteiger partial charge in [0.05, 0.1) is 0 Å². The number of aryl methyl sites for hydroxylation is 3. The largest absolute Gasteiger partial charge is 0.358 e.